The summed E-state index contributed by atoms with van der Waals surface area (Å²) in [6, 6.07) is 0. The van der Waals surface area contributed by atoms with Crippen LogP contribution >= 0.6 is 0 Å². The summed E-state index contributed by atoms with van der Waals surface area (Å²) in [4.78, 5) is 12.5. The predicted octanol–water partition coefficient (Wildman–Crippen LogP) is 1.12. The van der Waals surface area contributed by atoms with Crippen LogP contribution in [0, 0.1) is 0 Å². The highest BCUT2D eigenvalue weighted by atomic mass is 16.5. The van der Waals surface area contributed by atoms with Crippen molar-refractivity contribution in [2.45, 2.75) is 45.2 Å². The fourth-order valence-corrected chi connectivity index (χ4v) is 3.12. The number of ether oxygens (including phenoxy) is 1. The zero-order valence-corrected chi connectivity index (χ0v) is 16.4. The topological polar surface area (TPSA) is 114 Å². The zero-order chi connectivity index (χ0) is 19.7. The highest BCUT2D eigenvalue weighted by molar-refractivity contribution is 5.95. The maximum atomic E-state index is 12.5. The van der Waals surface area contributed by atoms with Gasteiger partial charge in [-0.15, -0.1) is 0 Å². The van der Waals surface area contributed by atoms with Gasteiger partial charge in [-0.2, -0.15) is 0 Å². The molecule has 0 aromatic carbocycles. The van der Waals surface area contributed by atoms with Gasteiger partial charge in [0.25, 0.3) is 0 Å². The van der Waals surface area contributed by atoms with E-state index >= 15 is 0 Å². The average Bonchev–Trinajstić information content (AvgIpc) is 2.82. The molecule has 1 aliphatic heterocycles. The van der Waals surface area contributed by atoms with E-state index in [0.717, 1.165) is 41.8 Å². The Morgan fingerprint density at radius 1 is 1.37 bits per heavy atom. The molecule has 150 valence electrons. The van der Waals surface area contributed by atoms with Crippen molar-refractivity contribution >= 4 is 5.91 Å². The molecular formula is C20H33N5O2. The lowest BCUT2D eigenvalue weighted by atomic mass is 9.92. The maximum Gasteiger partial charge on any atom is 0.247 e. The van der Waals surface area contributed by atoms with Crippen LogP contribution in [-0.4, -0.2) is 37.9 Å². The Morgan fingerprint density at radius 3 is 2.93 bits per heavy atom. The molecular weight excluding hydrogens is 342 g/mol. The first-order chi connectivity index (χ1) is 13.0. The molecule has 0 saturated heterocycles. The minimum Gasteiger partial charge on any atom is -0.378 e. The number of nitrogens with one attached hydrogen (secondary N) is 3. The van der Waals surface area contributed by atoms with Crippen LogP contribution in [0.5, 0.6) is 0 Å². The number of hydrogen-bond donors (Lipinski definition) is 5. The van der Waals surface area contributed by atoms with E-state index in [-0.39, 0.29) is 5.91 Å². The lowest BCUT2D eigenvalue weighted by molar-refractivity contribution is -0.117. The van der Waals surface area contributed by atoms with Crippen LogP contribution in [0.3, 0.4) is 0 Å². The first kappa shape index (κ1) is 21.2. The Hall–Kier alpha value is -2.09. The number of carbonyl (C=O) groups excluding carboxylic acids is 1. The van der Waals surface area contributed by atoms with E-state index in [1.54, 1.807) is 0 Å². The van der Waals surface area contributed by atoms with E-state index in [0.29, 0.717) is 32.7 Å². The van der Waals surface area contributed by atoms with E-state index in [4.69, 9.17) is 16.2 Å². The maximum absolute atomic E-state index is 12.5. The lowest BCUT2D eigenvalue weighted by Crippen LogP contribution is -2.53. The van der Waals surface area contributed by atoms with Crippen molar-refractivity contribution in [2.24, 2.45) is 11.5 Å². The van der Waals surface area contributed by atoms with Gasteiger partial charge in [-0.25, -0.2) is 0 Å². The van der Waals surface area contributed by atoms with Gasteiger partial charge in [-0.05, 0) is 50.5 Å². The number of allylic oxidation sites excluding steroid dienone is 5. The largest absolute Gasteiger partial charge is 0.378 e. The first-order valence-corrected chi connectivity index (χ1v) is 9.65. The molecule has 0 radical (unpaired) electrons. The fourth-order valence-electron chi connectivity index (χ4n) is 3.12. The van der Waals surface area contributed by atoms with E-state index in [1.165, 1.54) is 0 Å². The second kappa shape index (κ2) is 10.3. The molecule has 1 aliphatic carbocycles. The van der Waals surface area contributed by atoms with Crippen molar-refractivity contribution in [3.05, 3.63) is 47.0 Å². The summed E-state index contributed by atoms with van der Waals surface area (Å²) < 4.78 is 5.30. The van der Waals surface area contributed by atoms with Crippen molar-refractivity contribution < 1.29 is 9.53 Å². The molecule has 0 aromatic rings. The van der Waals surface area contributed by atoms with Gasteiger partial charge in [-0.1, -0.05) is 19.1 Å². The molecule has 1 atom stereocenters. The SMILES string of the molecule is CCC1=C(C(=O)NCCOCCN)CCC(NC2=CCC=CNC2(C)N)=C1. The Labute approximate surface area is 162 Å². The Balaban J connectivity index is 2.01. The summed E-state index contributed by atoms with van der Waals surface area (Å²) in [7, 11) is 0. The van der Waals surface area contributed by atoms with Gasteiger partial charge in [0.15, 0.2) is 0 Å². The fraction of sp³-hybridized carbons (Fsp3) is 0.550. The lowest BCUT2D eigenvalue weighted by Gasteiger charge is -2.30. The van der Waals surface area contributed by atoms with Crippen LogP contribution in [0.15, 0.2) is 47.0 Å². The smallest absolute Gasteiger partial charge is 0.247 e. The Bertz CT molecular complexity index is 647. The summed E-state index contributed by atoms with van der Waals surface area (Å²) in [6.45, 7) is 5.97. The van der Waals surface area contributed by atoms with Gasteiger partial charge in [0, 0.05) is 24.4 Å². The van der Waals surface area contributed by atoms with Crippen LogP contribution < -0.4 is 27.4 Å². The van der Waals surface area contributed by atoms with Crippen LogP contribution in [0.4, 0.5) is 0 Å². The molecule has 1 unspecified atom stereocenters. The minimum absolute atomic E-state index is 0.0123. The number of hydrogen-bond acceptors (Lipinski definition) is 6. The predicted molar refractivity (Wildman–Crippen MR) is 108 cm³/mol. The normalized spacial score (nSPS) is 22.5. The highest BCUT2D eigenvalue weighted by Crippen LogP contribution is 2.26. The Kier molecular flexibility index (Phi) is 8.09. The summed E-state index contributed by atoms with van der Waals surface area (Å²) in [5, 5.41) is 9.60. The summed E-state index contributed by atoms with van der Waals surface area (Å²) in [6.07, 6.45) is 11.2. The molecule has 0 fully saturated rings. The van der Waals surface area contributed by atoms with Crippen LogP contribution in [0.2, 0.25) is 0 Å². The summed E-state index contributed by atoms with van der Waals surface area (Å²) in [5.74, 6) is -0.0123. The van der Waals surface area contributed by atoms with Gasteiger partial charge >= 0.3 is 0 Å². The molecule has 2 rings (SSSR count). The van der Waals surface area contributed by atoms with Crippen molar-refractivity contribution in [2.75, 3.05) is 26.3 Å². The van der Waals surface area contributed by atoms with Crippen LogP contribution in [0.25, 0.3) is 0 Å². The van der Waals surface area contributed by atoms with Gasteiger partial charge < -0.3 is 32.2 Å². The van der Waals surface area contributed by atoms with Gasteiger partial charge in [0.1, 0.15) is 5.66 Å². The molecule has 0 spiro atoms. The number of rotatable bonds is 9. The first-order valence-electron chi connectivity index (χ1n) is 9.65. The van der Waals surface area contributed by atoms with E-state index in [1.807, 2.05) is 19.2 Å². The van der Waals surface area contributed by atoms with Crippen LogP contribution in [-0.2, 0) is 9.53 Å². The monoisotopic (exact) mass is 375 g/mol. The third kappa shape index (κ3) is 6.23. The quantitative estimate of drug-likeness (QED) is 0.386. The van der Waals surface area contributed by atoms with E-state index in [9.17, 15) is 4.79 Å². The number of amides is 1. The number of nitrogens with two attached hydrogens (primary N) is 2. The molecule has 0 saturated carbocycles. The molecule has 2 aliphatic rings. The van der Waals surface area contributed by atoms with Crippen molar-refractivity contribution in [3.63, 3.8) is 0 Å². The highest BCUT2D eigenvalue weighted by Gasteiger charge is 2.25. The molecule has 1 heterocycles. The van der Waals surface area contributed by atoms with Gasteiger partial charge in [-0.3, -0.25) is 4.79 Å². The number of carbonyl (C=O) groups is 1. The summed E-state index contributed by atoms with van der Waals surface area (Å²) >= 11 is 0. The molecule has 7 heteroatoms. The molecule has 27 heavy (non-hydrogen) atoms. The van der Waals surface area contributed by atoms with E-state index < -0.39 is 5.66 Å². The second-order valence-electron chi connectivity index (χ2n) is 6.91. The molecule has 7 N–H and O–H groups in total. The molecule has 7 nitrogen and oxygen atoms in total. The average molecular weight is 376 g/mol. The van der Waals surface area contributed by atoms with Gasteiger partial charge in [0.2, 0.25) is 5.91 Å². The Morgan fingerprint density at radius 2 is 2.19 bits per heavy atom. The van der Waals surface area contributed by atoms with E-state index in [2.05, 4.69) is 35.0 Å². The third-order valence-electron chi connectivity index (χ3n) is 4.64. The molecule has 0 bridgehead atoms. The minimum atomic E-state index is -0.648. The molecule has 1 amide bonds. The van der Waals surface area contributed by atoms with Crippen molar-refractivity contribution in [3.8, 4) is 0 Å². The third-order valence-corrected chi connectivity index (χ3v) is 4.64. The standard InChI is InChI=1S/C20H33N5O2/c1-3-15-14-16(25-18-6-4-5-10-24-20(18,2)22)7-8-17(15)19(26)23-11-13-27-12-9-21/h5-6,10,14,24-25H,3-4,7-9,11-13,21-22H2,1-2H3,(H,23,26). The zero-order valence-electron chi connectivity index (χ0n) is 16.4. The van der Waals surface area contributed by atoms with Gasteiger partial charge in [0.05, 0.1) is 18.9 Å². The summed E-state index contributed by atoms with van der Waals surface area (Å²) in [5.41, 5.74) is 15.0. The van der Waals surface area contributed by atoms with Crippen LogP contribution in [0.1, 0.15) is 39.5 Å². The van der Waals surface area contributed by atoms with Crippen molar-refractivity contribution in [1.82, 2.24) is 16.0 Å². The molecule has 0 aromatic heterocycles. The second-order valence-corrected chi connectivity index (χ2v) is 6.91. The van der Waals surface area contributed by atoms with Crippen molar-refractivity contribution in [1.29, 1.82) is 0 Å².